The van der Waals surface area contributed by atoms with Crippen molar-refractivity contribution in [1.82, 2.24) is 5.43 Å². The van der Waals surface area contributed by atoms with E-state index in [1.807, 2.05) is 6.07 Å². The fourth-order valence-corrected chi connectivity index (χ4v) is 2.97. The maximum absolute atomic E-state index is 5.68. The molecule has 2 aromatic rings. The fourth-order valence-electron chi connectivity index (χ4n) is 1.90. The number of benzene rings is 1. The summed E-state index contributed by atoms with van der Waals surface area (Å²) in [6.45, 7) is 2.11. The van der Waals surface area contributed by atoms with Crippen molar-refractivity contribution in [2.45, 2.75) is 19.4 Å². The van der Waals surface area contributed by atoms with Crippen LogP contribution in [0.1, 0.15) is 22.7 Å². The average molecular weight is 311 g/mol. The zero-order valence-electron chi connectivity index (χ0n) is 9.61. The Labute approximate surface area is 114 Å². The molecule has 0 saturated heterocycles. The Hall–Kier alpha value is -0.680. The third kappa shape index (κ3) is 2.96. The Morgan fingerprint density at radius 3 is 2.88 bits per heavy atom. The van der Waals surface area contributed by atoms with Gasteiger partial charge in [0.1, 0.15) is 0 Å². The molecule has 4 heteroatoms. The van der Waals surface area contributed by atoms with Crippen LogP contribution in [-0.4, -0.2) is 0 Å². The van der Waals surface area contributed by atoms with E-state index >= 15 is 0 Å². The van der Waals surface area contributed by atoms with Crippen LogP contribution in [0.25, 0.3) is 0 Å². The Bertz CT molecular complexity index is 482. The molecule has 3 N–H and O–H groups in total. The summed E-state index contributed by atoms with van der Waals surface area (Å²) in [4.78, 5) is 0. The molecule has 0 bridgehead atoms. The molecule has 0 fully saturated rings. The summed E-state index contributed by atoms with van der Waals surface area (Å²) in [5.74, 6) is 5.68. The normalized spacial score (nSPS) is 12.6. The predicted molar refractivity (Wildman–Crippen MR) is 77.0 cm³/mol. The van der Waals surface area contributed by atoms with E-state index in [0.29, 0.717) is 0 Å². The summed E-state index contributed by atoms with van der Waals surface area (Å²) in [6.07, 6.45) is 0.914. The molecular weight excluding hydrogens is 296 g/mol. The summed E-state index contributed by atoms with van der Waals surface area (Å²) in [5.41, 5.74) is 6.71. The Morgan fingerprint density at radius 2 is 2.24 bits per heavy atom. The van der Waals surface area contributed by atoms with E-state index in [-0.39, 0.29) is 6.04 Å². The highest BCUT2D eigenvalue weighted by Gasteiger charge is 2.14. The number of thiophene rings is 1. The van der Waals surface area contributed by atoms with Crippen LogP contribution in [0.2, 0.25) is 0 Å². The van der Waals surface area contributed by atoms with E-state index in [0.717, 1.165) is 10.9 Å². The van der Waals surface area contributed by atoms with Crippen LogP contribution in [0.5, 0.6) is 0 Å². The molecule has 1 aromatic heterocycles. The van der Waals surface area contributed by atoms with Gasteiger partial charge in [0, 0.05) is 4.47 Å². The first-order valence-electron chi connectivity index (χ1n) is 5.44. The molecule has 0 aliphatic rings. The summed E-state index contributed by atoms with van der Waals surface area (Å²) in [7, 11) is 0. The van der Waals surface area contributed by atoms with E-state index < -0.39 is 0 Å². The average Bonchev–Trinajstić information content (AvgIpc) is 2.83. The maximum atomic E-state index is 5.68. The van der Waals surface area contributed by atoms with Crippen molar-refractivity contribution in [2.75, 3.05) is 0 Å². The zero-order chi connectivity index (χ0) is 12.3. The Kier molecular flexibility index (Phi) is 4.34. The largest absolute Gasteiger partial charge is 0.271 e. The van der Waals surface area contributed by atoms with Crippen molar-refractivity contribution in [3.8, 4) is 0 Å². The zero-order valence-corrected chi connectivity index (χ0v) is 12.0. The van der Waals surface area contributed by atoms with Gasteiger partial charge in [-0.15, -0.1) is 0 Å². The highest BCUT2D eigenvalue weighted by Crippen LogP contribution is 2.26. The van der Waals surface area contributed by atoms with Gasteiger partial charge in [0.05, 0.1) is 6.04 Å². The topological polar surface area (TPSA) is 38.0 Å². The molecule has 90 valence electrons. The van der Waals surface area contributed by atoms with Gasteiger partial charge < -0.3 is 0 Å². The predicted octanol–water partition coefficient (Wildman–Crippen LogP) is 3.57. The second-order valence-electron chi connectivity index (χ2n) is 4.01. The Balaban J connectivity index is 2.26. The number of hydrogen-bond acceptors (Lipinski definition) is 3. The third-order valence-electron chi connectivity index (χ3n) is 2.91. The van der Waals surface area contributed by atoms with Crippen LogP contribution >= 0.6 is 27.3 Å². The van der Waals surface area contributed by atoms with Gasteiger partial charge in [-0.05, 0) is 52.9 Å². The van der Waals surface area contributed by atoms with Crippen molar-refractivity contribution in [1.29, 1.82) is 0 Å². The smallest absolute Gasteiger partial charge is 0.0503 e. The molecule has 1 unspecified atom stereocenters. The number of rotatable bonds is 4. The number of nitrogens with two attached hydrogens (primary N) is 1. The molecule has 1 heterocycles. The molecule has 0 spiro atoms. The van der Waals surface area contributed by atoms with Gasteiger partial charge in [-0.1, -0.05) is 28.1 Å². The number of halogens is 1. The summed E-state index contributed by atoms with van der Waals surface area (Å²) in [6, 6.07) is 8.52. The van der Waals surface area contributed by atoms with E-state index in [1.54, 1.807) is 11.3 Å². The van der Waals surface area contributed by atoms with E-state index in [1.165, 1.54) is 16.7 Å². The number of hydrogen-bond donors (Lipinski definition) is 2. The second kappa shape index (κ2) is 5.78. The molecule has 0 saturated carbocycles. The van der Waals surface area contributed by atoms with Gasteiger partial charge in [0.25, 0.3) is 0 Å². The minimum Gasteiger partial charge on any atom is -0.271 e. The van der Waals surface area contributed by atoms with Gasteiger partial charge in [0.2, 0.25) is 0 Å². The fraction of sp³-hybridized carbons (Fsp3) is 0.231. The summed E-state index contributed by atoms with van der Waals surface area (Å²) < 4.78 is 1.13. The number of hydrazine groups is 1. The van der Waals surface area contributed by atoms with Crippen LogP contribution < -0.4 is 11.3 Å². The standard InChI is InChI=1S/C13H15BrN2S/c1-9-11(3-2-4-12(9)14)13(16-15)7-10-5-6-17-8-10/h2-6,8,13,16H,7,15H2,1H3. The van der Waals surface area contributed by atoms with Crippen molar-refractivity contribution < 1.29 is 0 Å². The van der Waals surface area contributed by atoms with Crippen molar-refractivity contribution in [3.05, 3.63) is 56.2 Å². The van der Waals surface area contributed by atoms with E-state index in [4.69, 9.17) is 5.84 Å². The molecule has 0 amide bonds. The first-order chi connectivity index (χ1) is 8.22. The lowest BCUT2D eigenvalue weighted by Crippen LogP contribution is -2.30. The van der Waals surface area contributed by atoms with E-state index in [2.05, 4.69) is 57.2 Å². The maximum Gasteiger partial charge on any atom is 0.0503 e. The van der Waals surface area contributed by atoms with Gasteiger partial charge in [0.15, 0.2) is 0 Å². The van der Waals surface area contributed by atoms with Crippen LogP contribution in [0.15, 0.2) is 39.5 Å². The lowest BCUT2D eigenvalue weighted by Gasteiger charge is -2.18. The Morgan fingerprint density at radius 1 is 1.41 bits per heavy atom. The first kappa shape index (κ1) is 12.8. The van der Waals surface area contributed by atoms with Crippen LogP contribution in [0.4, 0.5) is 0 Å². The molecule has 0 aliphatic carbocycles. The molecule has 1 atom stereocenters. The van der Waals surface area contributed by atoms with Crippen molar-refractivity contribution in [2.24, 2.45) is 5.84 Å². The van der Waals surface area contributed by atoms with Crippen molar-refractivity contribution in [3.63, 3.8) is 0 Å². The summed E-state index contributed by atoms with van der Waals surface area (Å²) in [5, 5.41) is 4.26. The molecule has 2 rings (SSSR count). The molecule has 2 nitrogen and oxygen atoms in total. The van der Waals surface area contributed by atoms with Gasteiger partial charge >= 0.3 is 0 Å². The molecule has 17 heavy (non-hydrogen) atoms. The molecule has 1 aromatic carbocycles. The highest BCUT2D eigenvalue weighted by atomic mass is 79.9. The molecular formula is C13H15BrN2S. The van der Waals surface area contributed by atoms with Crippen LogP contribution in [-0.2, 0) is 6.42 Å². The van der Waals surface area contributed by atoms with E-state index in [9.17, 15) is 0 Å². The van der Waals surface area contributed by atoms with Crippen LogP contribution in [0, 0.1) is 6.92 Å². The second-order valence-corrected chi connectivity index (χ2v) is 5.64. The number of nitrogens with one attached hydrogen (secondary N) is 1. The minimum absolute atomic E-state index is 0.155. The van der Waals surface area contributed by atoms with Gasteiger partial charge in [-0.25, -0.2) is 0 Å². The summed E-state index contributed by atoms with van der Waals surface area (Å²) >= 11 is 5.27. The lowest BCUT2D eigenvalue weighted by molar-refractivity contribution is 0.550. The monoisotopic (exact) mass is 310 g/mol. The minimum atomic E-state index is 0.155. The third-order valence-corrected chi connectivity index (χ3v) is 4.50. The first-order valence-corrected chi connectivity index (χ1v) is 7.18. The van der Waals surface area contributed by atoms with Crippen molar-refractivity contribution >= 4 is 27.3 Å². The van der Waals surface area contributed by atoms with Gasteiger partial charge in [-0.2, -0.15) is 11.3 Å². The quantitative estimate of drug-likeness (QED) is 0.669. The lowest BCUT2D eigenvalue weighted by atomic mass is 9.97. The van der Waals surface area contributed by atoms with Gasteiger partial charge in [-0.3, -0.25) is 11.3 Å². The van der Waals surface area contributed by atoms with Crippen LogP contribution in [0.3, 0.4) is 0 Å². The highest BCUT2D eigenvalue weighted by molar-refractivity contribution is 9.10. The molecule has 0 radical (unpaired) electrons. The molecule has 0 aliphatic heterocycles. The SMILES string of the molecule is Cc1c(Br)cccc1C(Cc1ccsc1)NN.